The lowest BCUT2D eigenvalue weighted by Gasteiger charge is -2.36. The molecule has 3 amide bonds. The van der Waals surface area contributed by atoms with Gasteiger partial charge in [-0.15, -0.1) is 0 Å². The number of halogens is 2. The predicted octanol–water partition coefficient (Wildman–Crippen LogP) is 2.12. The van der Waals surface area contributed by atoms with Gasteiger partial charge in [0.15, 0.2) is 0 Å². The van der Waals surface area contributed by atoms with Crippen molar-refractivity contribution in [3.8, 4) is 0 Å². The Bertz CT molecular complexity index is 675. The molecule has 27 heavy (non-hydrogen) atoms. The van der Waals surface area contributed by atoms with Gasteiger partial charge in [-0.2, -0.15) is 0 Å². The van der Waals surface area contributed by atoms with Crippen LogP contribution < -0.4 is 15.5 Å². The number of benzene rings is 1. The first-order valence-electron chi connectivity index (χ1n) is 9.14. The SMILES string of the molecule is O=C(CNC(=O)N1CCN(c2ccc(Cl)c(Cl)c2)CC1)NC[C@H]1CCCO1. The van der Waals surface area contributed by atoms with E-state index in [2.05, 4.69) is 15.5 Å². The zero-order valence-corrected chi connectivity index (χ0v) is 16.6. The van der Waals surface area contributed by atoms with E-state index in [0.29, 0.717) is 42.8 Å². The molecule has 2 saturated heterocycles. The van der Waals surface area contributed by atoms with Gasteiger partial charge in [0, 0.05) is 45.0 Å². The molecule has 1 aromatic carbocycles. The maximum Gasteiger partial charge on any atom is 0.317 e. The lowest BCUT2D eigenvalue weighted by molar-refractivity contribution is -0.120. The number of ether oxygens (including phenoxy) is 1. The van der Waals surface area contributed by atoms with Gasteiger partial charge in [0.05, 0.1) is 22.7 Å². The summed E-state index contributed by atoms with van der Waals surface area (Å²) >= 11 is 12.0. The van der Waals surface area contributed by atoms with Crippen LogP contribution in [0.5, 0.6) is 0 Å². The number of piperazine rings is 1. The molecular formula is C18H24Cl2N4O3. The molecule has 0 saturated carbocycles. The molecule has 0 unspecified atom stereocenters. The molecule has 0 spiro atoms. The van der Waals surface area contributed by atoms with Crippen molar-refractivity contribution in [1.29, 1.82) is 0 Å². The summed E-state index contributed by atoms with van der Waals surface area (Å²) in [6.45, 7) is 3.75. The van der Waals surface area contributed by atoms with Crippen molar-refractivity contribution < 1.29 is 14.3 Å². The molecule has 9 heteroatoms. The topological polar surface area (TPSA) is 73.9 Å². The van der Waals surface area contributed by atoms with E-state index in [1.165, 1.54) is 0 Å². The second kappa shape index (κ2) is 9.48. The minimum absolute atomic E-state index is 0.0292. The molecule has 0 aliphatic carbocycles. The first kappa shape index (κ1) is 20.0. The lowest BCUT2D eigenvalue weighted by atomic mass is 10.2. The number of anilines is 1. The molecule has 2 aliphatic heterocycles. The maximum atomic E-state index is 12.3. The molecule has 148 valence electrons. The van der Waals surface area contributed by atoms with Crippen LogP contribution in [0.4, 0.5) is 10.5 Å². The van der Waals surface area contributed by atoms with Crippen molar-refractivity contribution in [2.75, 3.05) is 50.8 Å². The molecule has 3 rings (SSSR count). The molecule has 2 aliphatic rings. The zero-order valence-electron chi connectivity index (χ0n) is 15.0. The van der Waals surface area contributed by atoms with E-state index in [4.69, 9.17) is 27.9 Å². The van der Waals surface area contributed by atoms with Crippen LogP contribution in [0.2, 0.25) is 10.0 Å². The van der Waals surface area contributed by atoms with Crippen LogP contribution in [0.25, 0.3) is 0 Å². The van der Waals surface area contributed by atoms with E-state index in [1.807, 2.05) is 12.1 Å². The van der Waals surface area contributed by atoms with Crippen molar-refractivity contribution in [2.45, 2.75) is 18.9 Å². The summed E-state index contributed by atoms with van der Waals surface area (Å²) in [4.78, 5) is 28.0. The summed E-state index contributed by atoms with van der Waals surface area (Å²) < 4.78 is 5.45. The van der Waals surface area contributed by atoms with E-state index >= 15 is 0 Å². The number of hydrogen-bond donors (Lipinski definition) is 2. The van der Waals surface area contributed by atoms with Crippen LogP contribution in [0.1, 0.15) is 12.8 Å². The van der Waals surface area contributed by atoms with Crippen LogP contribution in [0.3, 0.4) is 0 Å². The van der Waals surface area contributed by atoms with Gasteiger partial charge in [0.2, 0.25) is 5.91 Å². The maximum absolute atomic E-state index is 12.3. The Balaban J connectivity index is 1.37. The minimum Gasteiger partial charge on any atom is -0.376 e. The molecular weight excluding hydrogens is 391 g/mol. The van der Waals surface area contributed by atoms with Gasteiger partial charge in [0.1, 0.15) is 0 Å². The summed E-state index contributed by atoms with van der Waals surface area (Å²) in [5.74, 6) is -0.201. The summed E-state index contributed by atoms with van der Waals surface area (Å²) in [6.07, 6.45) is 2.10. The number of amides is 3. The van der Waals surface area contributed by atoms with Gasteiger partial charge in [-0.05, 0) is 31.0 Å². The standard InChI is InChI=1S/C18H24Cl2N4O3/c19-15-4-3-13(10-16(15)20)23-5-7-24(8-6-23)18(26)22-12-17(25)21-11-14-2-1-9-27-14/h3-4,10,14H,1-2,5-9,11-12H2,(H,21,25)(H,22,26)/t14-/m1/s1. The summed E-state index contributed by atoms with van der Waals surface area (Å²) in [5.41, 5.74) is 0.984. The molecule has 1 aromatic rings. The zero-order chi connectivity index (χ0) is 19.2. The third-order valence-corrected chi connectivity index (χ3v) is 5.53. The van der Waals surface area contributed by atoms with Crippen LogP contribution in [-0.4, -0.2) is 68.8 Å². The Morgan fingerprint density at radius 3 is 2.56 bits per heavy atom. The highest BCUT2D eigenvalue weighted by molar-refractivity contribution is 6.42. The van der Waals surface area contributed by atoms with E-state index in [-0.39, 0.29) is 24.6 Å². The van der Waals surface area contributed by atoms with Crippen molar-refractivity contribution in [2.24, 2.45) is 0 Å². The summed E-state index contributed by atoms with van der Waals surface area (Å²) in [7, 11) is 0. The number of carbonyl (C=O) groups excluding carboxylic acids is 2. The first-order valence-corrected chi connectivity index (χ1v) is 9.89. The number of rotatable bonds is 5. The lowest BCUT2D eigenvalue weighted by Crippen LogP contribution is -2.53. The second-order valence-corrected chi connectivity index (χ2v) is 7.48. The Labute approximate surface area is 168 Å². The Kier molecular flexibility index (Phi) is 7.04. The van der Waals surface area contributed by atoms with E-state index in [1.54, 1.807) is 11.0 Å². The minimum atomic E-state index is -0.226. The Morgan fingerprint density at radius 1 is 1.11 bits per heavy atom. The third kappa shape index (κ3) is 5.64. The van der Waals surface area contributed by atoms with E-state index in [9.17, 15) is 9.59 Å². The molecule has 0 bridgehead atoms. The number of nitrogens with zero attached hydrogens (tertiary/aromatic N) is 2. The van der Waals surface area contributed by atoms with E-state index in [0.717, 1.165) is 25.1 Å². The van der Waals surface area contributed by atoms with Gasteiger partial charge >= 0.3 is 6.03 Å². The number of hydrogen-bond acceptors (Lipinski definition) is 4. The molecule has 7 nitrogen and oxygen atoms in total. The predicted molar refractivity (Wildman–Crippen MR) is 106 cm³/mol. The highest BCUT2D eigenvalue weighted by atomic mass is 35.5. The fraction of sp³-hybridized carbons (Fsp3) is 0.556. The molecule has 2 heterocycles. The normalized spacial score (nSPS) is 19.9. The van der Waals surface area contributed by atoms with Crippen molar-refractivity contribution in [3.05, 3.63) is 28.2 Å². The average molecular weight is 415 g/mol. The monoisotopic (exact) mass is 414 g/mol. The van der Waals surface area contributed by atoms with Crippen LogP contribution in [0.15, 0.2) is 18.2 Å². The fourth-order valence-corrected chi connectivity index (χ4v) is 3.51. The molecule has 2 N–H and O–H groups in total. The summed E-state index contributed by atoms with van der Waals surface area (Å²) in [6, 6.07) is 5.30. The molecule has 1 atom stereocenters. The Morgan fingerprint density at radius 2 is 1.89 bits per heavy atom. The van der Waals surface area contributed by atoms with Crippen molar-refractivity contribution in [3.63, 3.8) is 0 Å². The van der Waals surface area contributed by atoms with Gasteiger partial charge in [-0.1, -0.05) is 23.2 Å². The van der Waals surface area contributed by atoms with E-state index < -0.39 is 0 Å². The quantitative estimate of drug-likeness (QED) is 0.773. The average Bonchev–Trinajstić information content (AvgIpc) is 3.20. The number of carbonyl (C=O) groups is 2. The van der Waals surface area contributed by atoms with Gasteiger partial charge in [-0.25, -0.2) is 4.79 Å². The molecule has 0 aromatic heterocycles. The number of nitrogens with one attached hydrogen (secondary N) is 2. The highest BCUT2D eigenvalue weighted by Crippen LogP contribution is 2.27. The van der Waals surface area contributed by atoms with Crippen molar-refractivity contribution >= 4 is 40.8 Å². The first-order chi connectivity index (χ1) is 13.0. The molecule has 0 radical (unpaired) electrons. The van der Waals surface area contributed by atoms with Crippen LogP contribution >= 0.6 is 23.2 Å². The summed E-state index contributed by atoms with van der Waals surface area (Å²) in [5, 5.41) is 6.51. The van der Waals surface area contributed by atoms with Gasteiger partial charge in [0.25, 0.3) is 0 Å². The van der Waals surface area contributed by atoms with Gasteiger partial charge < -0.3 is 25.2 Å². The highest BCUT2D eigenvalue weighted by Gasteiger charge is 2.22. The number of urea groups is 1. The largest absolute Gasteiger partial charge is 0.376 e. The Hall–Kier alpha value is -1.70. The van der Waals surface area contributed by atoms with Crippen LogP contribution in [0, 0.1) is 0 Å². The smallest absolute Gasteiger partial charge is 0.317 e. The van der Waals surface area contributed by atoms with Crippen molar-refractivity contribution in [1.82, 2.24) is 15.5 Å². The molecule has 2 fully saturated rings. The third-order valence-electron chi connectivity index (χ3n) is 4.79. The second-order valence-electron chi connectivity index (χ2n) is 6.67. The fourth-order valence-electron chi connectivity index (χ4n) is 3.21. The van der Waals surface area contributed by atoms with Crippen LogP contribution in [-0.2, 0) is 9.53 Å². The van der Waals surface area contributed by atoms with Gasteiger partial charge in [-0.3, -0.25) is 4.79 Å².